The number of amides is 2. The Bertz CT molecular complexity index is 1000. The number of aromatic nitrogens is 2. The quantitative estimate of drug-likeness (QED) is 0.790. The van der Waals surface area contributed by atoms with Gasteiger partial charge in [-0.05, 0) is 36.6 Å². The van der Waals surface area contributed by atoms with E-state index in [9.17, 15) is 9.59 Å². The minimum Gasteiger partial charge on any atom is -0.373 e. The van der Waals surface area contributed by atoms with Crippen LogP contribution in [0.5, 0.6) is 0 Å². The Morgan fingerprint density at radius 3 is 2.97 bits per heavy atom. The molecule has 8 nitrogen and oxygen atoms in total. The predicted molar refractivity (Wildman–Crippen MR) is 118 cm³/mol. The van der Waals surface area contributed by atoms with Gasteiger partial charge in [0.15, 0.2) is 0 Å². The molecule has 2 unspecified atom stereocenters. The van der Waals surface area contributed by atoms with Crippen molar-refractivity contribution in [2.75, 3.05) is 32.0 Å². The Morgan fingerprint density at radius 1 is 1.29 bits per heavy atom. The number of benzene rings is 1. The molecule has 0 saturated carbocycles. The molecular formula is C23H28N6O2. The van der Waals surface area contributed by atoms with E-state index in [1.807, 2.05) is 36.4 Å². The van der Waals surface area contributed by atoms with Gasteiger partial charge in [-0.2, -0.15) is 5.10 Å². The number of hydrogen-bond donors (Lipinski definition) is 2. The molecule has 162 valence electrons. The Morgan fingerprint density at radius 2 is 2.16 bits per heavy atom. The van der Waals surface area contributed by atoms with Crippen molar-refractivity contribution < 1.29 is 9.59 Å². The molecule has 5 rings (SSSR count). The largest absolute Gasteiger partial charge is 0.373 e. The second-order valence-corrected chi connectivity index (χ2v) is 8.76. The fourth-order valence-corrected chi connectivity index (χ4v) is 4.84. The highest BCUT2D eigenvalue weighted by Crippen LogP contribution is 2.28. The SMILES string of the molecule is CN(CC1CC=NCC1)C(=O)c1[nH]nc2c1CN(C(=O)C1Cc3ccccc3N1)CC2. The van der Waals surface area contributed by atoms with E-state index < -0.39 is 0 Å². The Kier molecular flexibility index (Phi) is 5.21. The fraction of sp³-hybridized carbons (Fsp3) is 0.478. The second kappa shape index (κ2) is 8.17. The lowest BCUT2D eigenvalue weighted by molar-refractivity contribution is -0.132. The van der Waals surface area contributed by atoms with Crippen LogP contribution in [0.2, 0.25) is 0 Å². The van der Waals surface area contributed by atoms with Gasteiger partial charge in [-0.1, -0.05) is 18.2 Å². The van der Waals surface area contributed by atoms with Crippen molar-refractivity contribution >= 4 is 23.7 Å². The lowest BCUT2D eigenvalue weighted by atomic mass is 9.99. The molecule has 2 atom stereocenters. The van der Waals surface area contributed by atoms with E-state index in [0.717, 1.165) is 36.3 Å². The summed E-state index contributed by atoms with van der Waals surface area (Å²) in [6, 6.07) is 7.80. The first-order valence-corrected chi connectivity index (χ1v) is 11.0. The molecule has 2 amide bonds. The van der Waals surface area contributed by atoms with Gasteiger partial charge in [-0.25, -0.2) is 0 Å². The Labute approximate surface area is 181 Å². The highest BCUT2D eigenvalue weighted by molar-refractivity contribution is 5.94. The maximum atomic E-state index is 13.2. The molecule has 0 radical (unpaired) electrons. The van der Waals surface area contributed by atoms with Crippen LogP contribution in [0.15, 0.2) is 29.3 Å². The molecule has 1 aromatic heterocycles. The van der Waals surface area contributed by atoms with Gasteiger partial charge in [0, 0.05) is 57.3 Å². The van der Waals surface area contributed by atoms with Gasteiger partial charge < -0.3 is 15.1 Å². The molecule has 0 fully saturated rings. The number of nitrogens with zero attached hydrogens (tertiary/aromatic N) is 4. The maximum absolute atomic E-state index is 13.2. The molecule has 0 bridgehead atoms. The fourth-order valence-electron chi connectivity index (χ4n) is 4.84. The van der Waals surface area contributed by atoms with Crippen LogP contribution in [0.4, 0.5) is 5.69 Å². The average Bonchev–Trinajstić information content (AvgIpc) is 3.42. The smallest absolute Gasteiger partial charge is 0.271 e. The lowest BCUT2D eigenvalue weighted by Crippen LogP contribution is -2.44. The average molecular weight is 421 g/mol. The van der Waals surface area contributed by atoms with Crippen LogP contribution in [-0.2, 0) is 24.2 Å². The number of para-hydroxylation sites is 1. The van der Waals surface area contributed by atoms with Crippen LogP contribution >= 0.6 is 0 Å². The summed E-state index contributed by atoms with van der Waals surface area (Å²) >= 11 is 0. The molecule has 2 aromatic rings. The first-order chi connectivity index (χ1) is 15.1. The first kappa shape index (κ1) is 19.8. The van der Waals surface area contributed by atoms with Crippen LogP contribution in [0.25, 0.3) is 0 Å². The van der Waals surface area contributed by atoms with E-state index in [1.165, 1.54) is 5.56 Å². The van der Waals surface area contributed by atoms with Crippen molar-refractivity contribution in [3.63, 3.8) is 0 Å². The van der Waals surface area contributed by atoms with Crippen LogP contribution in [0.3, 0.4) is 0 Å². The molecular weight excluding hydrogens is 392 g/mol. The van der Waals surface area contributed by atoms with Crippen molar-refractivity contribution in [1.29, 1.82) is 0 Å². The molecule has 4 heterocycles. The highest BCUT2D eigenvalue weighted by atomic mass is 16.2. The number of aromatic amines is 1. The summed E-state index contributed by atoms with van der Waals surface area (Å²) < 4.78 is 0. The normalized spacial score (nSPS) is 21.9. The first-order valence-electron chi connectivity index (χ1n) is 11.0. The minimum absolute atomic E-state index is 0.0584. The molecule has 31 heavy (non-hydrogen) atoms. The second-order valence-electron chi connectivity index (χ2n) is 8.76. The third kappa shape index (κ3) is 3.82. The zero-order valence-electron chi connectivity index (χ0n) is 17.8. The van der Waals surface area contributed by atoms with E-state index in [0.29, 0.717) is 44.1 Å². The van der Waals surface area contributed by atoms with Gasteiger partial charge in [0.1, 0.15) is 11.7 Å². The number of carbonyl (C=O) groups is 2. The summed E-state index contributed by atoms with van der Waals surface area (Å²) in [6.07, 6.45) is 5.24. The van der Waals surface area contributed by atoms with E-state index in [-0.39, 0.29) is 17.9 Å². The summed E-state index contributed by atoms with van der Waals surface area (Å²) in [5.41, 5.74) is 4.48. The van der Waals surface area contributed by atoms with Gasteiger partial charge >= 0.3 is 0 Å². The molecule has 3 aliphatic heterocycles. The van der Waals surface area contributed by atoms with Crippen LogP contribution in [0, 0.1) is 5.92 Å². The summed E-state index contributed by atoms with van der Waals surface area (Å²) in [4.78, 5) is 34.2. The van der Waals surface area contributed by atoms with E-state index in [2.05, 4.69) is 26.6 Å². The van der Waals surface area contributed by atoms with Crippen molar-refractivity contribution in [2.45, 2.75) is 38.3 Å². The maximum Gasteiger partial charge on any atom is 0.271 e. The molecule has 2 N–H and O–H groups in total. The zero-order valence-corrected chi connectivity index (χ0v) is 17.8. The van der Waals surface area contributed by atoms with Crippen molar-refractivity contribution in [3.05, 3.63) is 46.8 Å². The molecule has 8 heteroatoms. The van der Waals surface area contributed by atoms with Crippen LogP contribution in [-0.4, -0.2) is 70.7 Å². The standard InChI is InChI=1S/C23H28N6O2/c1-28(13-15-6-9-24-10-7-15)23(31)21-17-14-29(11-8-19(17)26-27-21)22(30)20-12-16-4-2-3-5-18(16)25-20/h2-5,9,15,20,25H,6-8,10-14H2,1H3,(H,26,27). The van der Waals surface area contributed by atoms with E-state index in [1.54, 1.807) is 4.90 Å². The molecule has 0 aliphatic carbocycles. The Hall–Kier alpha value is -3.16. The predicted octanol–water partition coefficient (Wildman–Crippen LogP) is 1.88. The monoisotopic (exact) mass is 420 g/mol. The molecule has 0 spiro atoms. The molecule has 3 aliphatic rings. The number of carbonyl (C=O) groups excluding carboxylic acids is 2. The highest BCUT2D eigenvalue weighted by Gasteiger charge is 2.34. The summed E-state index contributed by atoms with van der Waals surface area (Å²) in [5, 5.41) is 10.7. The van der Waals surface area contributed by atoms with Gasteiger partial charge in [-0.3, -0.25) is 19.7 Å². The summed E-state index contributed by atoms with van der Waals surface area (Å²) in [5.74, 6) is 0.464. The number of nitrogens with one attached hydrogen (secondary N) is 2. The number of rotatable bonds is 4. The summed E-state index contributed by atoms with van der Waals surface area (Å²) in [7, 11) is 1.84. The van der Waals surface area contributed by atoms with Gasteiger partial charge in [0.2, 0.25) is 5.91 Å². The van der Waals surface area contributed by atoms with Gasteiger partial charge in [-0.15, -0.1) is 0 Å². The van der Waals surface area contributed by atoms with E-state index in [4.69, 9.17) is 0 Å². The Balaban J connectivity index is 1.27. The third-order valence-electron chi connectivity index (χ3n) is 6.63. The van der Waals surface area contributed by atoms with Gasteiger partial charge in [0.25, 0.3) is 5.91 Å². The third-order valence-corrected chi connectivity index (χ3v) is 6.63. The van der Waals surface area contributed by atoms with Crippen LogP contribution < -0.4 is 5.32 Å². The van der Waals surface area contributed by atoms with Crippen LogP contribution in [0.1, 0.15) is 40.2 Å². The minimum atomic E-state index is -0.249. The lowest BCUT2D eigenvalue weighted by Gasteiger charge is -2.30. The zero-order chi connectivity index (χ0) is 21.4. The van der Waals surface area contributed by atoms with Crippen molar-refractivity contribution in [2.24, 2.45) is 10.9 Å². The summed E-state index contributed by atoms with van der Waals surface area (Å²) in [6.45, 7) is 2.58. The number of aliphatic imine (C=N–C) groups is 1. The molecule has 0 saturated heterocycles. The number of hydrogen-bond acceptors (Lipinski definition) is 5. The van der Waals surface area contributed by atoms with Gasteiger partial charge in [0.05, 0.1) is 5.69 Å². The van der Waals surface area contributed by atoms with E-state index >= 15 is 0 Å². The number of H-pyrrole nitrogens is 1. The van der Waals surface area contributed by atoms with Crippen molar-refractivity contribution in [1.82, 2.24) is 20.0 Å². The number of fused-ring (bicyclic) bond motifs is 2. The van der Waals surface area contributed by atoms with Crippen molar-refractivity contribution in [3.8, 4) is 0 Å². The number of anilines is 1. The topological polar surface area (TPSA) is 93.7 Å². The molecule has 1 aromatic carbocycles.